The van der Waals surface area contributed by atoms with Gasteiger partial charge in [0, 0.05) is 10.4 Å². The number of aliphatic carboxylic acids is 1. The molecule has 3 nitrogen and oxygen atoms in total. The summed E-state index contributed by atoms with van der Waals surface area (Å²) in [5.74, 6) is -0.454. The first-order valence-electron chi connectivity index (χ1n) is 6.18. The molecule has 2 atom stereocenters. The number of benzene rings is 1. The van der Waals surface area contributed by atoms with Gasteiger partial charge < -0.3 is 9.84 Å². The Morgan fingerprint density at radius 3 is 2.56 bits per heavy atom. The van der Waals surface area contributed by atoms with Gasteiger partial charge in [0.15, 0.2) is 6.10 Å². The van der Waals surface area contributed by atoms with Crippen molar-refractivity contribution in [3.8, 4) is 0 Å². The third kappa shape index (κ3) is 3.56. The molecule has 0 spiro atoms. The lowest BCUT2D eigenvalue weighted by Gasteiger charge is -2.21. The zero-order chi connectivity index (χ0) is 13.1. The third-order valence-corrected chi connectivity index (χ3v) is 3.83. The van der Waals surface area contributed by atoms with Crippen LogP contribution in [0.15, 0.2) is 28.7 Å². The van der Waals surface area contributed by atoms with Crippen LogP contribution in [0.2, 0.25) is 0 Å². The fraction of sp³-hybridized carbons (Fsp3) is 0.500. The van der Waals surface area contributed by atoms with Crippen molar-refractivity contribution < 1.29 is 14.6 Å². The van der Waals surface area contributed by atoms with Gasteiger partial charge in [-0.05, 0) is 36.5 Å². The van der Waals surface area contributed by atoms with Gasteiger partial charge in [0.05, 0.1) is 6.61 Å². The summed E-state index contributed by atoms with van der Waals surface area (Å²) in [6, 6.07) is 7.72. The maximum Gasteiger partial charge on any atom is 0.333 e. The quantitative estimate of drug-likeness (QED) is 0.875. The Bertz CT molecular complexity index is 412. The molecule has 0 amide bonds. The van der Waals surface area contributed by atoms with Crippen molar-refractivity contribution in [1.82, 2.24) is 0 Å². The standard InChI is InChI=1S/C14H17BrO3/c1-9(11-4-6-12(15)7-5-11)13(14(16)17)18-8-10-2-3-10/h4-7,9-10,13H,2-3,8H2,1H3,(H,16,17). The molecule has 1 aromatic rings. The zero-order valence-corrected chi connectivity index (χ0v) is 11.9. The first-order valence-corrected chi connectivity index (χ1v) is 6.97. The summed E-state index contributed by atoms with van der Waals surface area (Å²) in [6.45, 7) is 2.47. The second-order valence-electron chi connectivity index (χ2n) is 4.88. The van der Waals surface area contributed by atoms with Gasteiger partial charge in [0.25, 0.3) is 0 Å². The molecule has 0 bridgehead atoms. The van der Waals surface area contributed by atoms with Crippen LogP contribution in [-0.2, 0) is 9.53 Å². The molecule has 98 valence electrons. The van der Waals surface area contributed by atoms with Gasteiger partial charge in [-0.25, -0.2) is 4.79 Å². The molecule has 0 aromatic heterocycles. The van der Waals surface area contributed by atoms with Crippen molar-refractivity contribution in [1.29, 1.82) is 0 Å². The van der Waals surface area contributed by atoms with Crippen LogP contribution in [0.25, 0.3) is 0 Å². The van der Waals surface area contributed by atoms with E-state index in [2.05, 4.69) is 15.9 Å². The van der Waals surface area contributed by atoms with Gasteiger partial charge in [-0.2, -0.15) is 0 Å². The molecule has 0 aliphatic heterocycles. The van der Waals surface area contributed by atoms with E-state index in [0.717, 1.165) is 10.0 Å². The SMILES string of the molecule is CC(c1ccc(Br)cc1)C(OCC1CC1)C(=O)O. The van der Waals surface area contributed by atoms with E-state index in [1.807, 2.05) is 31.2 Å². The van der Waals surface area contributed by atoms with Crippen molar-refractivity contribution in [2.45, 2.75) is 31.8 Å². The number of hydrogen-bond acceptors (Lipinski definition) is 2. The molecule has 1 saturated carbocycles. The van der Waals surface area contributed by atoms with E-state index in [9.17, 15) is 9.90 Å². The Labute approximate surface area is 115 Å². The highest BCUT2D eigenvalue weighted by Gasteiger charge is 2.30. The zero-order valence-electron chi connectivity index (χ0n) is 10.3. The molecular weight excluding hydrogens is 296 g/mol. The maximum atomic E-state index is 11.3. The number of carboxylic acids is 1. The number of ether oxygens (including phenoxy) is 1. The lowest BCUT2D eigenvalue weighted by atomic mass is 9.95. The predicted octanol–water partition coefficient (Wildman–Crippen LogP) is 3.43. The number of halogens is 1. The number of carboxylic acid groups (broad SMARTS) is 1. The van der Waals surface area contributed by atoms with E-state index in [-0.39, 0.29) is 5.92 Å². The van der Waals surface area contributed by atoms with Gasteiger partial charge in [-0.15, -0.1) is 0 Å². The van der Waals surface area contributed by atoms with Gasteiger partial charge in [0.2, 0.25) is 0 Å². The molecule has 1 aliphatic rings. The van der Waals surface area contributed by atoms with Crippen LogP contribution in [0.5, 0.6) is 0 Å². The van der Waals surface area contributed by atoms with Crippen LogP contribution in [0.3, 0.4) is 0 Å². The fourth-order valence-electron chi connectivity index (χ4n) is 1.89. The number of hydrogen-bond donors (Lipinski definition) is 1. The summed E-state index contributed by atoms with van der Waals surface area (Å²) >= 11 is 3.37. The Morgan fingerprint density at radius 1 is 1.44 bits per heavy atom. The Morgan fingerprint density at radius 2 is 2.06 bits per heavy atom. The molecule has 2 rings (SSSR count). The van der Waals surface area contributed by atoms with Crippen molar-refractivity contribution in [3.05, 3.63) is 34.3 Å². The minimum Gasteiger partial charge on any atom is -0.479 e. The summed E-state index contributed by atoms with van der Waals surface area (Å²) in [7, 11) is 0. The number of carbonyl (C=O) groups is 1. The Kier molecular flexibility index (Phi) is 4.40. The molecular formula is C14H17BrO3. The molecule has 18 heavy (non-hydrogen) atoms. The van der Waals surface area contributed by atoms with Gasteiger partial charge in [0.1, 0.15) is 0 Å². The molecule has 1 aromatic carbocycles. The lowest BCUT2D eigenvalue weighted by molar-refractivity contribution is -0.152. The minimum absolute atomic E-state index is 0.144. The molecule has 0 saturated heterocycles. The molecule has 1 aliphatic carbocycles. The second-order valence-corrected chi connectivity index (χ2v) is 5.79. The summed E-state index contributed by atoms with van der Waals surface area (Å²) in [6.07, 6.45) is 1.57. The van der Waals surface area contributed by atoms with Gasteiger partial charge in [-0.3, -0.25) is 0 Å². The Hall–Kier alpha value is -0.870. The van der Waals surface area contributed by atoms with E-state index < -0.39 is 12.1 Å². The normalized spacial score (nSPS) is 18.3. The van der Waals surface area contributed by atoms with Crippen LogP contribution in [0, 0.1) is 5.92 Å². The molecule has 0 radical (unpaired) electrons. The minimum atomic E-state index is -0.883. The van der Waals surface area contributed by atoms with Gasteiger partial charge >= 0.3 is 5.97 Å². The van der Waals surface area contributed by atoms with E-state index in [4.69, 9.17) is 4.74 Å². The van der Waals surface area contributed by atoms with Gasteiger partial charge in [-0.1, -0.05) is 35.0 Å². The van der Waals surface area contributed by atoms with Crippen molar-refractivity contribution in [3.63, 3.8) is 0 Å². The van der Waals surface area contributed by atoms with Crippen LogP contribution < -0.4 is 0 Å². The number of rotatable bonds is 6. The molecule has 0 heterocycles. The largest absolute Gasteiger partial charge is 0.479 e. The van der Waals surface area contributed by atoms with E-state index >= 15 is 0 Å². The first kappa shape index (κ1) is 13.6. The van der Waals surface area contributed by atoms with Crippen molar-refractivity contribution in [2.75, 3.05) is 6.61 Å². The Balaban J connectivity index is 2.03. The third-order valence-electron chi connectivity index (χ3n) is 3.30. The van der Waals surface area contributed by atoms with Crippen LogP contribution >= 0.6 is 15.9 Å². The van der Waals surface area contributed by atoms with Crippen LogP contribution in [0.1, 0.15) is 31.2 Å². The monoisotopic (exact) mass is 312 g/mol. The second kappa shape index (κ2) is 5.85. The van der Waals surface area contributed by atoms with E-state index in [1.54, 1.807) is 0 Å². The summed E-state index contributed by atoms with van der Waals surface area (Å²) in [5, 5.41) is 9.26. The van der Waals surface area contributed by atoms with E-state index in [1.165, 1.54) is 12.8 Å². The summed E-state index contributed by atoms with van der Waals surface area (Å²) < 4.78 is 6.55. The van der Waals surface area contributed by atoms with Crippen molar-refractivity contribution in [2.24, 2.45) is 5.92 Å². The van der Waals surface area contributed by atoms with E-state index in [0.29, 0.717) is 12.5 Å². The molecule has 1 N–H and O–H groups in total. The smallest absolute Gasteiger partial charge is 0.333 e. The maximum absolute atomic E-state index is 11.3. The molecule has 4 heteroatoms. The molecule has 2 unspecified atom stereocenters. The molecule has 1 fully saturated rings. The van der Waals surface area contributed by atoms with Crippen molar-refractivity contribution >= 4 is 21.9 Å². The van der Waals surface area contributed by atoms with Crippen LogP contribution in [0.4, 0.5) is 0 Å². The topological polar surface area (TPSA) is 46.5 Å². The summed E-state index contributed by atoms with van der Waals surface area (Å²) in [5.41, 5.74) is 0.987. The highest BCUT2D eigenvalue weighted by atomic mass is 79.9. The first-order chi connectivity index (χ1) is 8.58. The highest BCUT2D eigenvalue weighted by Crippen LogP contribution is 2.31. The van der Waals surface area contributed by atoms with Crippen LogP contribution in [-0.4, -0.2) is 23.8 Å². The highest BCUT2D eigenvalue weighted by molar-refractivity contribution is 9.10. The average molecular weight is 313 g/mol. The average Bonchev–Trinajstić information content (AvgIpc) is 3.13. The predicted molar refractivity (Wildman–Crippen MR) is 72.7 cm³/mol. The summed E-state index contributed by atoms with van der Waals surface area (Å²) in [4.78, 5) is 11.3. The lowest BCUT2D eigenvalue weighted by Crippen LogP contribution is -2.30. The fourth-order valence-corrected chi connectivity index (χ4v) is 2.16.